The molecule has 4 aromatic carbocycles. The maximum absolute atomic E-state index is 13.5. The van der Waals surface area contributed by atoms with E-state index in [1.807, 2.05) is 65.6 Å². The minimum absolute atomic E-state index is 0.00937. The highest BCUT2D eigenvalue weighted by atomic mass is 35.5. The highest BCUT2D eigenvalue weighted by molar-refractivity contribution is 6.32. The molecule has 236 valence electrons. The van der Waals surface area contributed by atoms with Crippen LogP contribution < -0.4 is 20.1 Å². The number of amides is 1. The molecule has 1 atom stereocenters. The van der Waals surface area contributed by atoms with Gasteiger partial charge < -0.3 is 20.1 Å². The highest BCUT2D eigenvalue weighted by Crippen LogP contribution is 2.25. The average Bonchev–Trinajstić information content (AvgIpc) is 3.07. The van der Waals surface area contributed by atoms with Gasteiger partial charge in [0.1, 0.15) is 35.7 Å². The first kappa shape index (κ1) is 33.6. The fraction of sp³-hybridized carbons (Fsp3) is 0.229. The number of hydrogen-bond acceptors (Lipinski definition) is 7. The summed E-state index contributed by atoms with van der Waals surface area (Å²) in [5.74, 6) is 1.90. The van der Waals surface area contributed by atoms with Gasteiger partial charge >= 0.3 is 0 Å². The van der Waals surface area contributed by atoms with Crippen LogP contribution in [0.25, 0.3) is 0 Å². The van der Waals surface area contributed by atoms with Crippen molar-refractivity contribution in [2.45, 2.75) is 25.3 Å². The standard InChI is InChI=1S/C35H36ClN7O3/c36-31-16-7-8-17-33(31)45-26-32(35(41-42-38)39-23-10-22-37)43(24-9-13-27-11-3-1-4-12-27)25-34(44)40-28-18-20-30(21-19-28)46-29-14-5-2-6-15-29/h1-8,11-12,14-21,32H,9-10,13,23-26H2,(H,40,44)(H2,38,39,41). The Labute approximate surface area is 274 Å². The quantitative estimate of drug-likeness (QED) is 0.0365. The van der Waals surface area contributed by atoms with Crippen molar-refractivity contribution in [3.05, 3.63) is 120 Å². The Morgan fingerprint density at radius 3 is 2.30 bits per heavy atom. The number of nitriles is 1. The zero-order valence-electron chi connectivity index (χ0n) is 25.3. The molecule has 0 heterocycles. The first-order valence-corrected chi connectivity index (χ1v) is 15.3. The summed E-state index contributed by atoms with van der Waals surface area (Å²) in [6.45, 7) is 0.834. The molecule has 0 aliphatic heterocycles. The fourth-order valence-electron chi connectivity index (χ4n) is 4.70. The summed E-state index contributed by atoms with van der Waals surface area (Å²) >= 11 is 6.37. The number of amidine groups is 1. The van der Waals surface area contributed by atoms with Crippen LogP contribution in [0.5, 0.6) is 17.2 Å². The number of hydrogen-bond donors (Lipinski definition) is 3. The van der Waals surface area contributed by atoms with Crippen LogP contribution in [-0.4, -0.2) is 48.9 Å². The molecule has 1 amide bonds. The lowest BCUT2D eigenvalue weighted by molar-refractivity contribution is -0.117. The number of ether oxygens (including phenoxy) is 2. The molecule has 0 spiro atoms. The molecule has 1 unspecified atom stereocenters. The SMILES string of the molecule is N#CCCN/C(=N\N=N)C(COc1ccccc1Cl)N(CCCc1ccccc1)CC(=O)Nc1ccc(Oc2ccccc2)cc1. The van der Waals surface area contributed by atoms with E-state index < -0.39 is 6.04 Å². The van der Waals surface area contributed by atoms with Gasteiger partial charge in [0.25, 0.3) is 0 Å². The molecular weight excluding hydrogens is 602 g/mol. The molecule has 0 radical (unpaired) electrons. The number of rotatable bonds is 17. The lowest BCUT2D eigenvalue weighted by Gasteiger charge is -2.32. The summed E-state index contributed by atoms with van der Waals surface area (Å²) in [7, 11) is 0. The Morgan fingerprint density at radius 1 is 0.935 bits per heavy atom. The Hall–Kier alpha value is -5.24. The fourth-order valence-corrected chi connectivity index (χ4v) is 4.89. The molecule has 3 N–H and O–H groups in total. The van der Waals surface area contributed by atoms with Crippen LogP contribution in [0, 0.1) is 16.9 Å². The molecular formula is C35H36ClN7O3. The number of nitrogens with zero attached hydrogens (tertiary/aromatic N) is 4. The topological polar surface area (TPSA) is 135 Å². The molecule has 4 aromatic rings. The van der Waals surface area contributed by atoms with Crippen molar-refractivity contribution in [1.29, 1.82) is 10.8 Å². The van der Waals surface area contributed by atoms with Gasteiger partial charge in [-0.3, -0.25) is 9.69 Å². The van der Waals surface area contributed by atoms with E-state index in [0.29, 0.717) is 34.6 Å². The third kappa shape index (κ3) is 11.0. The van der Waals surface area contributed by atoms with Gasteiger partial charge in [-0.1, -0.05) is 77.5 Å². The molecule has 0 aliphatic carbocycles. The third-order valence-electron chi connectivity index (χ3n) is 6.91. The molecule has 10 nitrogen and oxygen atoms in total. The first-order valence-electron chi connectivity index (χ1n) is 14.9. The summed E-state index contributed by atoms with van der Waals surface area (Å²) < 4.78 is 12.0. The van der Waals surface area contributed by atoms with Crippen molar-refractivity contribution >= 4 is 29.0 Å². The predicted molar refractivity (Wildman–Crippen MR) is 179 cm³/mol. The Kier molecular flexibility index (Phi) is 13.6. The maximum atomic E-state index is 13.5. The zero-order chi connectivity index (χ0) is 32.4. The summed E-state index contributed by atoms with van der Waals surface area (Å²) in [4.78, 5) is 15.4. The number of carbonyl (C=O) groups is 1. The van der Waals surface area contributed by atoms with E-state index in [-0.39, 0.29) is 32.0 Å². The van der Waals surface area contributed by atoms with Gasteiger partial charge in [0.2, 0.25) is 5.91 Å². The molecule has 0 saturated carbocycles. The van der Waals surface area contributed by atoms with Crippen molar-refractivity contribution in [3.8, 4) is 23.3 Å². The Bertz CT molecular complexity index is 1600. The molecule has 11 heteroatoms. The van der Waals surface area contributed by atoms with E-state index in [1.165, 1.54) is 5.56 Å². The maximum Gasteiger partial charge on any atom is 0.238 e. The van der Waals surface area contributed by atoms with Gasteiger partial charge in [0.15, 0.2) is 0 Å². The largest absolute Gasteiger partial charge is 0.490 e. The van der Waals surface area contributed by atoms with Crippen LogP contribution in [0.1, 0.15) is 18.4 Å². The number of halogens is 1. The van der Waals surface area contributed by atoms with Crippen LogP contribution in [0.4, 0.5) is 5.69 Å². The summed E-state index contributed by atoms with van der Waals surface area (Å²) in [5, 5.41) is 23.0. The lowest BCUT2D eigenvalue weighted by atomic mass is 10.1. The average molecular weight is 638 g/mol. The van der Waals surface area contributed by atoms with E-state index in [0.717, 1.165) is 18.6 Å². The van der Waals surface area contributed by atoms with Crippen molar-refractivity contribution in [2.75, 3.05) is 31.6 Å². The van der Waals surface area contributed by atoms with E-state index >= 15 is 0 Å². The number of anilines is 1. The smallest absolute Gasteiger partial charge is 0.238 e. The third-order valence-corrected chi connectivity index (χ3v) is 7.22. The summed E-state index contributed by atoms with van der Waals surface area (Å²) in [6.07, 6.45) is 1.74. The molecule has 4 rings (SSSR count). The van der Waals surface area contributed by atoms with Crippen LogP contribution in [0.3, 0.4) is 0 Å². The zero-order valence-corrected chi connectivity index (χ0v) is 26.1. The van der Waals surface area contributed by atoms with E-state index in [4.69, 9.17) is 31.9 Å². The van der Waals surface area contributed by atoms with Gasteiger partial charge in [0.05, 0.1) is 24.1 Å². The van der Waals surface area contributed by atoms with Gasteiger partial charge in [-0.25, -0.2) is 0 Å². The number of carbonyl (C=O) groups excluding carboxylic acids is 1. The summed E-state index contributed by atoms with van der Waals surface area (Å²) in [5.41, 5.74) is 9.26. The molecule has 0 aliphatic rings. The first-order chi connectivity index (χ1) is 22.6. The second-order valence-corrected chi connectivity index (χ2v) is 10.6. The molecule has 0 bridgehead atoms. The van der Waals surface area contributed by atoms with Gasteiger partial charge in [-0.2, -0.15) is 10.8 Å². The van der Waals surface area contributed by atoms with Crippen molar-refractivity contribution in [2.24, 2.45) is 10.3 Å². The van der Waals surface area contributed by atoms with E-state index in [1.54, 1.807) is 36.4 Å². The van der Waals surface area contributed by atoms with E-state index in [2.05, 4.69) is 39.2 Å². The Balaban J connectivity index is 1.53. The van der Waals surface area contributed by atoms with Crippen molar-refractivity contribution < 1.29 is 14.3 Å². The monoisotopic (exact) mass is 637 g/mol. The van der Waals surface area contributed by atoms with Crippen LogP contribution >= 0.6 is 11.6 Å². The highest BCUT2D eigenvalue weighted by Gasteiger charge is 2.28. The lowest BCUT2D eigenvalue weighted by Crippen LogP contribution is -2.53. The molecule has 46 heavy (non-hydrogen) atoms. The second-order valence-electron chi connectivity index (χ2n) is 10.2. The van der Waals surface area contributed by atoms with Gasteiger partial charge in [-0.05, 0) is 73.5 Å². The summed E-state index contributed by atoms with van der Waals surface area (Å²) in [6, 6.07) is 35.3. The number of para-hydroxylation sites is 2. The number of nitrogens with one attached hydrogen (secondary N) is 3. The minimum Gasteiger partial charge on any atom is -0.490 e. The minimum atomic E-state index is -0.618. The van der Waals surface area contributed by atoms with E-state index in [9.17, 15) is 4.79 Å². The van der Waals surface area contributed by atoms with Crippen molar-refractivity contribution in [3.63, 3.8) is 0 Å². The molecule has 0 saturated heterocycles. The predicted octanol–water partition coefficient (Wildman–Crippen LogP) is 7.30. The Morgan fingerprint density at radius 2 is 1.61 bits per heavy atom. The van der Waals surface area contributed by atoms with Gasteiger partial charge in [0, 0.05) is 12.2 Å². The molecule has 0 aromatic heterocycles. The molecule has 0 fully saturated rings. The van der Waals surface area contributed by atoms with Gasteiger partial charge in [-0.15, -0.1) is 5.10 Å². The normalized spacial score (nSPS) is 11.7. The van der Waals surface area contributed by atoms with Crippen LogP contribution in [0.15, 0.2) is 120 Å². The van der Waals surface area contributed by atoms with Crippen LogP contribution in [-0.2, 0) is 11.2 Å². The number of benzene rings is 4. The second kappa shape index (κ2) is 18.5. The number of aryl methyl sites for hydroxylation is 1. The van der Waals surface area contributed by atoms with Crippen molar-refractivity contribution in [1.82, 2.24) is 10.2 Å². The van der Waals surface area contributed by atoms with Crippen LogP contribution in [0.2, 0.25) is 5.02 Å².